The molecule has 0 aliphatic carbocycles. The smallest absolute Gasteiger partial charge is 0.235 e. The first-order valence-corrected chi connectivity index (χ1v) is 4.96. The molecule has 0 saturated carbocycles. The van der Waals surface area contributed by atoms with E-state index in [1.807, 2.05) is 0 Å². The molecule has 5 nitrogen and oxygen atoms in total. The van der Waals surface area contributed by atoms with Gasteiger partial charge in [0.2, 0.25) is 5.78 Å². The highest BCUT2D eigenvalue weighted by Crippen LogP contribution is 2.23. The van der Waals surface area contributed by atoms with Crippen molar-refractivity contribution in [1.82, 2.24) is 14.4 Å². The van der Waals surface area contributed by atoms with Gasteiger partial charge in [0, 0.05) is 19.0 Å². The van der Waals surface area contributed by atoms with E-state index in [-0.39, 0.29) is 12.6 Å². The van der Waals surface area contributed by atoms with E-state index in [0.29, 0.717) is 23.0 Å². The van der Waals surface area contributed by atoms with Crippen molar-refractivity contribution in [2.24, 2.45) is 5.73 Å². The van der Waals surface area contributed by atoms with E-state index >= 15 is 0 Å². The quantitative estimate of drug-likeness (QED) is 0.811. The van der Waals surface area contributed by atoms with Crippen LogP contribution in [-0.4, -0.2) is 26.1 Å². The lowest BCUT2D eigenvalue weighted by atomic mass is 10.2. The SMILES string of the molecule is NC(CCO)c1c(Cl)nc2ncccn12. The number of nitrogens with two attached hydrogens (primary N) is 1. The van der Waals surface area contributed by atoms with E-state index in [0.717, 1.165) is 0 Å². The molecule has 0 amide bonds. The summed E-state index contributed by atoms with van der Waals surface area (Å²) in [6.45, 7) is 0.0188. The molecule has 1 unspecified atom stereocenters. The van der Waals surface area contributed by atoms with Crippen LogP contribution in [0.3, 0.4) is 0 Å². The van der Waals surface area contributed by atoms with Crippen LogP contribution in [0, 0.1) is 0 Å². The van der Waals surface area contributed by atoms with Crippen molar-refractivity contribution in [3.63, 3.8) is 0 Å². The minimum atomic E-state index is -0.332. The van der Waals surface area contributed by atoms with E-state index in [4.69, 9.17) is 22.4 Å². The summed E-state index contributed by atoms with van der Waals surface area (Å²) in [6.07, 6.45) is 3.89. The summed E-state index contributed by atoms with van der Waals surface area (Å²) in [4.78, 5) is 8.13. The number of imidazole rings is 1. The highest BCUT2D eigenvalue weighted by Gasteiger charge is 2.16. The molecular weight excluding hydrogens is 216 g/mol. The second kappa shape index (κ2) is 4.14. The van der Waals surface area contributed by atoms with Gasteiger partial charge in [-0.25, -0.2) is 4.98 Å². The number of rotatable bonds is 3. The molecule has 2 rings (SSSR count). The molecular formula is C9H11ClN4O. The fourth-order valence-electron chi connectivity index (χ4n) is 1.49. The summed E-state index contributed by atoms with van der Waals surface area (Å²) >= 11 is 5.96. The van der Waals surface area contributed by atoms with Gasteiger partial charge < -0.3 is 10.8 Å². The van der Waals surface area contributed by atoms with Gasteiger partial charge in [0.15, 0.2) is 5.15 Å². The van der Waals surface area contributed by atoms with Gasteiger partial charge in [-0.15, -0.1) is 0 Å². The number of aromatic nitrogens is 3. The number of aliphatic hydroxyl groups excluding tert-OH is 1. The van der Waals surface area contributed by atoms with Crippen LogP contribution in [0.4, 0.5) is 0 Å². The maximum absolute atomic E-state index is 8.83. The Morgan fingerprint density at radius 2 is 2.40 bits per heavy atom. The molecule has 80 valence electrons. The standard InChI is InChI=1S/C9H11ClN4O/c10-8-7(6(11)2-5-15)14-4-1-3-12-9(14)13-8/h1,3-4,6,15H,2,5,11H2. The van der Waals surface area contributed by atoms with Crippen molar-refractivity contribution in [3.05, 3.63) is 29.3 Å². The molecule has 0 bridgehead atoms. The summed E-state index contributed by atoms with van der Waals surface area (Å²) in [5, 5.41) is 9.17. The Morgan fingerprint density at radius 1 is 1.60 bits per heavy atom. The Labute approximate surface area is 91.5 Å². The molecule has 1 atom stereocenters. The lowest BCUT2D eigenvalue weighted by molar-refractivity contribution is 0.275. The molecule has 2 aromatic rings. The third kappa shape index (κ3) is 1.81. The van der Waals surface area contributed by atoms with Gasteiger partial charge in [-0.3, -0.25) is 4.40 Å². The lowest BCUT2D eigenvalue weighted by Gasteiger charge is -2.09. The van der Waals surface area contributed by atoms with Crippen LogP contribution in [-0.2, 0) is 0 Å². The Hall–Kier alpha value is -1.17. The largest absolute Gasteiger partial charge is 0.396 e. The molecule has 3 N–H and O–H groups in total. The first-order valence-electron chi connectivity index (χ1n) is 4.59. The monoisotopic (exact) mass is 226 g/mol. The van der Waals surface area contributed by atoms with E-state index in [1.54, 1.807) is 22.9 Å². The van der Waals surface area contributed by atoms with E-state index in [9.17, 15) is 0 Å². The summed E-state index contributed by atoms with van der Waals surface area (Å²) in [5.41, 5.74) is 6.57. The molecule has 0 saturated heterocycles. The molecule has 0 aliphatic rings. The minimum absolute atomic E-state index is 0.0188. The molecule has 0 aliphatic heterocycles. The van der Waals surface area contributed by atoms with Gasteiger partial charge in [0.05, 0.1) is 11.7 Å². The topological polar surface area (TPSA) is 76.4 Å². The second-order valence-corrected chi connectivity index (χ2v) is 3.55. The van der Waals surface area contributed by atoms with Gasteiger partial charge in [0.25, 0.3) is 0 Å². The number of nitrogens with zero attached hydrogens (tertiary/aromatic N) is 3. The first kappa shape index (κ1) is 10.4. The van der Waals surface area contributed by atoms with Crippen LogP contribution < -0.4 is 5.73 Å². The zero-order valence-electron chi connectivity index (χ0n) is 7.97. The number of hydrogen-bond donors (Lipinski definition) is 2. The molecule has 2 aromatic heterocycles. The maximum atomic E-state index is 8.83. The summed E-state index contributed by atoms with van der Waals surface area (Å²) < 4.78 is 1.74. The van der Waals surface area contributed by atoms with Crippen LogP contribution in [0.5, 0.6) is 0 Å². The van der Waals surface area contributed by atoms with Crippen molar-refractivity contribution < 1.29 is 5.11 Å². The zero-order chi connectivity index (χ0) is 10.8. The normalized spacial score (nSPS) is 13.3. The van der Waals surface area contributed by atoms with E-state index < -0.39 is 0 Å². The van der Waals surface area contributed by atoms with E-state index in [2.05, 4.69) is 9.97 Å². The van der Waals surface area contributed by atoms with Crippen LogP contribution >= 0.6 is 11.6 Å². The van der Waals surface area contributed by atoms with Gasteiger partial charge in [-0.2, -0.15) is 4.98 Å². The Balaban J connectivity index is 2.53. The number of halogens is 1. The number of fused-ring (bicyclic) bond motifs is 1. The predicted molar refractivity (Wildman–Crippen MR) is 56.6 cm³/mol. The molecule has 6 heteroatoms. The predicted octanol–water partition coefficient (Wildman–Crippen LogP) is 0.765. The molecule has 0 aromatic carbocycles. The van der Waals surface area contributed by atoms with Crippen molar-refractivity contribution in [3.8, 4) is 0 Å². The minimum Gasteiger partial charge on any atom is -0.396 e. The van der Waals surface area contributed by atoms with Crippen LogP contribution in [0.15, 0.2) is 18.5 Å². The number of hydrogen-bond acceptors (Lipinski definition) is 4. The highest BCUT2D eigenvalue weighted by molar-refractivity contribution is 6.30. The Bertz CT molecular complexity index is 470. The maximum Gasteiger partial charge on any atom is 0.235 e. The van der Waals surface area contributed by atoms with E-state index in [1.165, 1.54) is 0 Å². The van der Waals surface area contributed by atoms with Gasteiger partial charge in [-0.05, 0) is 12.5 Å². The average Bonchev–Trinajstić information content (AvgIpc) is 2.54. The zero-order valence-corrected chi connectivity index (χ0v) is 8.72. The molecule has 2 heterocycles. The fraction of sp³-hybridized carbons (Fsp3) is 0.333. The van der Waals surface area contributed by atoms with Crippen LogP contribution in [0.2, 0.25) is 5.15 Å². The Kier molecular flexibility index (Phi) is 2.86. The van der Waals surface area contributed by atoms with Crippen molar-refractivity contribution in [2.45, 2.75) is 12.5 Å². The summed E-state index contributed by atoms with van der Waals surface area (Å²) in [7, 11) is 0. The summed E-state index contributed by atoms with van der Waals surface area (Å²) in [6, 6.07) is 1.45. The van der Waals surface area contributed by atoms with Gasteiger partial charge in [-0.1, -0.05) is 11.6 Å². The van der Waals surface area contributed by atoms with Crippen molar-refractivity contribution in [1.29, 1.82) is 0 Å². The third-order valence-electron chi connectivity index (χ3n) is 2.19. The van der Waals surface area contributed by atoms with Gasteiger partial charge in [0.1, 0.15) is 0 Å². The second-order valence-electron chi connectivity index (χ2n) is 3.20. The van der Waals surface area contributed by atoms with Crippen LogP contribution in [0.25, 0.3) is 5.78 Å². The molecule has 0 radical (unpaired) electrons. The first-order chi connectivity index (χ1) is 7.24. The number of aliphatic hydroxyl groups is 1. The fourth-order valence-corrected chi connectivity index (χ4v) is 1.79. The Morgan fingerprint density at radius 3 is 3.13 bits per heavy atom. The molecule has 15 heavy (non-hydrogen) atoms. The highest BCUT2D eigenvalue weighted by atomic mass is 35.5. The van der Waals surface area contributed by atoms with Crippen molar-refractivity contribution >= 4 is 17.4 Å². The molecule has 0 spiro atoms. The average molecular weight is 227 g/mol. The van der Waals surface area contributed by atoms with Crippen LogP contribution in [0.1, 0.15) is 18.2 Å². The van der Waals surface area contributed by atoms with Gasteiger partial charge >= 0.3 is 0 Å². The summed E-state index contributed by atoms with van der Waals surface area (Å²) in [5.74, 6) is 0.519. The van der Waals surface area contributed by atoms with Crippen molar-refractivity contribution in [2.75, 3.05) is 6.61 Å². The molecule has 0 fully saturated rings. The lowest BCUT2D eigenvalue weighted by Crippen LogP contribution is -2.14. The third-order valence-corrected chi connectivity index (χ3v) is 2.47.